The van der Waals surface area contributed by atoms with Crippen molar-refractivity contribution >= 4 is 22.6 Å². The minimum atomic E-state index is -0.0868. The molecule has 0 spiro atoms. The summed E-state index contributed by atoms with van der Waals surface area (Å²) < 4.78 is 6.73. The summed E-state index contributed by atoms with van der Waals surface area (Å²) in [5.41, 5.74) is 0. The van der Waals surface area contributed by atoms with E-state index >= 15 is 0 Å². The molecule has 2 N–H and O–H groups in total. The molecule has 0 radical (unpaired) electrons. The van der Waals surface area contributed by atoms with Gasteiger partial charge in [-0.1, -0.05) is 0 Å². The maximum absolute atomic E-state index is 5.61. The van der Waals surface area contributed by atoms with Crippen molar-refractivity contribution in [2.75, 3.05) is 0 Å². The average Bonchev–Trinajstić information content (AvgIpc) is 1.67. The molecular weight excluding hydrogens is 328 g/mol. The van der Waals surface area contributed by atoms with Gasteiger partial charge in [0, 0.05) is 0 Å². The predicted molar refractivity (Wildman–Crippen MR) is 41.7 cm³/mol. The molecular formula is C5H12I2N-. The van der Waals surface area contributed by atoms with Crippen LogP contribution in [0.5, 0.6) is 0 Å². The van der Waals surface area contributed by atoms with Crippen LogP contribution in [-0.2, 0) is 0 Å². The number of halogens is 2. The molecule has 0 bridgehead atoms. The Hall–Kier alpha value is 1.42. The molecule has 0 aliphatic carbocycles. The van der Waals surface area contributed by atoms with Crippen LogP contribution in [0, 0.1) is 0 Å². The summed E-state index contributed by atoms with van der Waals surface area (Å²) in [5, 5.41) is 0. The van der Waals surface area contributed by atoms with Crippen LogP contribution in [0.25, 0.3) is 0 Å². The van der Waals surface area contributed by atoms with Crippen molar-refractivity contribution in [1.82, 2.24) is 0 Å². The van der Waals surface area contributed by atoms with E-state index in [9.17, 15) is 0 Å². The molecule has 0 saturated carbocycles. The van der Waals surface area contributed by atoms with Crippen molar-refractivity contribution < 1.29 is 21.5 Å². The maximum atomic E-state index is 5.61. The second-order valence-electron chi connectivity index (χ2n) is 2.29. The molecule has 0 aromatic heterocycles. The molecule has 52 valence electrons. The van der Waals surface area contributed by atoms with E-state index in [1.807, 2.05) is 0 Å². The SMILES string of the molecule is C[C@H](I)C(C)(C)[I-]N. The van der Waals surface area contributed by atoms with Crippen LogP contribution in [0.2, 0.25) is 0 Å². The molecule has 0 fully saturated rings. The van der Waals surface area contributed by atoms with E-state index in [4.69, 9.17) is 3.95 Å². The Balaban J connectivity index is 3.71. The monoisotopic (exact) mass is 340 g/mol. The average molecular weight is 340 g/mol. The normalized spacial score (nSPS) is 16.6. The summed E-state index contributed by atoms with van der Waals surface area (Å²) in [4.78, 5) is 0. The van der Waals surface area contributed by atoms with Crippen molar-refractivity contribution in [2.45, 2.75) is 28.1 Å². The Morgan fingerprint density at radius 1 is 1.62 bits per heavy atom. The van der Waals surface area contributed by atoms with Gasteiger partial charge < -0.3 is 0 Å². The fourth-order valence-electron chi connectivity index (χ4n) is 0.0868. The summed E-state index contributed by atoms with van der Waals surface area (Å²) in [6, 6.07) is 0. The van der Waals surface area contributed by atoms with E-state index in [0.29, 0.717) is 7.35 Å². The van der Waals surface area contributed by atoms with Gasteiger partial charge in [0.1, 0.15) is 0 Å². The molecule has 1 atom stereocenters. The van der Waals surface area contributed by atoms with Crippen molar-refractivity contribution in [3.05, 3.63) is 0 Å². The summed E-state index contributed by atoms with van der Waals surface area (Å²) in [5.74, 6) is 0. The van der Waals surface area contributed by atoms with E-state index < -0.39 is 0 Å². The molecule has 0 aromatic carbocycles. The Labute approximate surface area is 75.5 Å². The molecule has 0 aromatic rings. The zero-order valence-corrected chi connectivity index (χ0v) is 9.73. The van der Waals surface area contributed by atoms with Gasteiger partial charge in [0.25, 0.3) is 0 Å². The van der Waals surface area contributed by atoms with Gasteiger partial charge in [-0.3, -0.25) is 0 Å². The van der Waals surface area contributed by atoms with Crippen molar-refractivity contribution in [2.24, 2.45) is 3.95 Å². The van der Waals surface area contributed by atoms with Crippen molar-refractivity contribution in [3.8, 4) is 0 Å². The first-order valence-corrected chi connectivity index (χ1v) is 6.06. The second kappa shape index (κ2) is 3.55. The molecule has 0 saturated heterocycles. The first kappa shape index (κ1) is 9.42. The van der Waals surface area contributed by atoms with E-state index in [-0.39, 0.29) is 21.5 Å². The molecule has 0 aliphatic rings. The first-order chi connectivity index (χ1) is 3.50. The standard InChI is InChI=1S/C5H12I2N/c1-4(6)5(2,3)7-8/h4H,8H2,1-3H3/q-1/t4-/m0/s1. The van der Waals surface area contributed by atoms with Crippen LogP contribution in [0.15, 0.2) is 0 Å². The molecule has 0 amide bonds. The Bertz CT molecular complexity index is 70.8. The van der Waals surface area contributed by atoms with Gasteiger partial charge in [-0.05, 0) is 0 Å². The quantitative estimate of drug-likeness (QED) is 0.372. The Morgan fingerprint density at radius 2 is 2.00 bits per heavy atom. The minimum absolute atomic E-state index is 0.0868. The summed E-state index contributed by atoms with van der Waals surface area (Å²) in [6.45, 7) is 6.68. The van der Waals surface area contributed by atoms with Crippen LogP contribution in [0.1, 0.15) is 20.8 Å². The summed E-state index contributed by atoms with van der Waals surface area (Å²) in [6.07, 6.45) is 0. The van der Waals surface area contributed by atoms with Crippen LogP contribution in [0.3, 0.4) is 0 Å². The Kier molecular flexibility index (Phi) is 4.19. The number of nitrogens with two attached hydrogens (primary N) is 1. The van der Waals surface area contributed by atoms with Gasteiger partial charge >= 0.3 is 76.1 Å². The zero-order chi connectivity index (χ0) is 6.78. The van der Waals surface area contributed by atoms with Crippen molar-refractivity contribution in [1.29, 1.82) is 0 Å². The van der Waals surface area contributed by atoms with Gasteiger partial charge in [0.2, 0.25) is 0 Å². The van der Waals surface area contributed by atoms with Crippen LogP contribution in [0.4, 0.5) is 0 Å². The molecule has 0 unspecified atom stereocenters. The molecule has 0 rings (SSSR count). The van der Waals surface area contributed by atoms with Crippen LogP contribution < -0.4 is 25.4 Å². The summed E-state index contributed by atoms with van der Waals surface area (Å²) in [7, 11) is 0. The van der Waals surface area contributed by atoms with E-state index in [1.165, 1.54) is 0 Å². The van der Waals surface area contributed by atoms with Crippen LogP contribution >= 0.6 is 22.6 Å². The molecule has 3 heteroatoms. The number of hydrogen-bond acceptors (Lipinski definition) is 1. The third kappa shape index (κ3) is 2.82. The van der Waals surface area contributed by atoms with Crippen LogP contribution in [-0.4, -0.2) is 7.35 Å². The van der Waals surface area contributed by atoms with Gasteiger partial charge in [-0.2, -0.15) is 0 Å². The number of alkyl halides is 2. The molecule has 1 nitrogen and oxygen atoms in total. The summed E-state index contributed by atoms with van der Waals surface area (Å²) >= 11 is 2.35. The van der Waals surface area contributed by atoms with Gasteiger partial charge in [0.15, 0.2) is 0 Å². The van der Waals surface area contributed by atoms with E-state index in [0.717, 1.165) is 0 Å². The van der Waals surface area contributed by atoms with Gasteiger partial charge in [-0.25, -0.2) is 0 Å². The van der Waals surface area contributed by atoms with Crippen molar-refractivity contribution in [3.63, 3.8) is 0 Å². The first-order valence-electron chi connectivity index (χ1n) is 2.49. The topological polar surface area (TPSA) is 26.0 Å². The van der Waals surface area contributed by atoms with Gasteiger partial charge in [-0.15, -0.1) is 0 Å². The van der Waals surface area contributed by atoms with E-state index in [2.05, 4.69) is 43.4 Å². The molecule has 0 aliphatic heterocycles. The predicted octanol–water partition coefficient (Wildman–Crippen LogP) is -1.45. The fraction of sp³-hybridized carbons (Fsp3) is 1.00. The number of rotatable bonds is 2. The van der Waals surface area contributed by atoms with Gasteiger partial charge in [0.05, 0.1) is 0 Å². The zero-order valence-electron chi connectivity index (χ0n) is 5.41. The third-order valence-electron chi connectivity index (χ3n) is 1.23. The molecule has 0 heterocycles. The van der Waals surface area contributed by atoms with E-state index in [1.54, 1.807) is 0 Å². The number of hydrogen-bond donors (Lipinski definition) is 1. The fourth-order valence-corrected chi connectivity index (χ4v) is 1.49. The Morgan fingerprint density at radius 3 is 2.00 bits per heavy atom. The third-order valence-corrected chi connectivity index (χ3v) is 6.52. The molecule has 8 heavy (non-hydrogen) atoms. The second-order valence-corrected chi connectivity index (χ2v) is 7.56.